The minimum atomic E-state index is -1.05. The molecule has 1 unspecified atom stereocenters. The number of ether oxygens (including phenoxy) is 2. The van der Waals surface area contributed by atoms with Crippen LogP contribution in [0.5, 0.6) is 0 Å². The van der Waals surface area contributed by atoms with Gasteiger partial charge in [0.2, 0.25) is 5.88 Å². The molecule has 0 aliphatic carbocycles. The molecule has 2 heterocycles. The van der Waals surface area contributed by atoms with E-state index in [2.05, 4.69) is 0 Å². The Morgan fingerprint density at radius 2 is 1.91 bits per heavy atom. The van der Waals surface area contributed by atoms with Crippen molar-refractivity contribution in [3.63, 3.8) is 0 Å². The fourth-order valence-corrected chi connectivity index (χ4v) is 4.64. The van der Waals surface area contributed by atoms with E-state index >= 15 is 4.39 Å². The fraction of sp³-hybridized carbons (Fsp3) is 0.200. The van der Waals surface area contributed by atoms with Gasteiger partial charge in [-0.25, -0.2) is 13.6 Å². The second kappa shape index (κ2) is 9.98. The van der Waals surface area contributed by atoms with Crippen LogP contribution >= 0.6 is 23.2 Å². The predicted octanol–water partition coefficient (Wildman–Crippen LogP) is 5.89. The van der Waals surface area contributed by atoms with E-state index in [-0.39, 0.29) is 58.1 Å². The standard InChI is InChI=1S/C25H19Cl2F2N3O3/c1-2-34-25(33)32-11-13(9-14-17(26)5-3-7-19(14)28)23-16(12-32)21(15(10-30)24(31)35-23)22-18(27)6-4-8-20(22)29/h3-9,21H,2,11-12,31H2,1H3/b13-9+. The highest BCUT2D eigenvalue weighted by Gasteiger charge is 2.41. The topological polar surface area (TPSA) is 88.6 Å². The Bertz CT molecular complexity index is 1310. The number of amides is 1. The Morgan fingerprint density at radius 3 is 2.54 bits per heavy atom. The van der Waals surface area contributed by atoms with Gasteiger partial charge in [-0.3, -0.25) is 4.90 Å². The SMILES string of the molecule is CCOC(=O)N1CC2=C(OC(N)=C(C#N)C2c2c(F)cccc2Cl)/C(=C/c2c(F)cccc2Cl)C1. The Kier molecular flexibility index (Phi) is 7.01. The molecule has 2 N–H and O–H groups in total. The zero-order chi connectivity index (χ0) is 25.3. The molecule has 0 saturated carbocycles. The van der Waals surface area contributed by atoms with Crippen molar-refractivity contribution >= 4 is 35.4 Å². The highest BCUT2D eigenvalue weighted by molar-refractivity contribution is 6.32. The van der Waals surface area contributed by atoms with Gasteiger partial charge >= 0.3 is 6.09 Å². The summed E-state index contributed by atoms with van der Waals surface area (Å²) in [6, 6.07) is 10.3. The number of carbonyl (C=O) groups excluding carboxylic acids is 1. The van der Waals surface area contributed by atoms with Gasteiger partial charge in [0.25, 0.3) is 0 Å². The third-order valence-corrected chi connectivity index (χ3v) is 6.33. The highest BCUT2D eigenvalue weighted by atomic mass is 35.5. The lowest BCUT2D eigenvalue weighted by molar-refractivity contribution is 0.109. The van der Waals surface area contributed by atoms with Gasteiger partial charge in [-0.15, -0.1) is 0 Å². The minimum absolute atomic E-state index is 0.0125. The molecule has 2 aromatic carbocycles. The van der Waals surface area contributed by atoms with Crippen LogP contribution in [0.2, 0.25) is 10.0 Å². The number of hydrogen-bond donors (Lipinski definition) is 1. The van der Waals surface area contributed by atoms with E-state index in [0.29, 0.717) is 11.1 Å². The summed E-state index contributed by atoms with van der Waals surface area (Å²) in [7, 11) is 0. The first kappa shape index (κ1) is 24.6. The van der Waals surface area contributed by atoms with Crippen molar-refractivity contribution in [1.29, 1.82) is 5.26 Å². The van der Waals surface area contributed by atoms with E-state index in [1.54, 1.807) is 6.92 Å². The van der Waals surface area contributed by atoms with Crippen LogP contribution in [0.15, 0.2) is 64.8 Å². The molecular formula is C25H19Cl2F2N3O3. The Balaban J connectivity index is 1.97. The number of rotatable bonds is 3. The van der Waals surface area contributed by atoms with Crippen LogP contribution in [-0.2, 0) is 9.47 Å². The number of nitriles is 1. The van der Waals surface area contributed by atoms with Crippen molar-refractivity contribution in [2.24, 2.45) is 5.73 Å². The maximum atomic E-state index is 15.0. The van der Waals surface area contributed by atoms with Gasteiger partial charge in [0.15, 0.2) is 0 Å². The molecule has 1 atom stereocenters. The summed E-state index contributed by atoms with van der Waals surface area (Å²) < 4.78 is 40.6. The summed E-state index contributed by atoms with van der Waals surface area (Å²) in [5.41, 5.74) is 6.79. The summed E-state index contributed by atoms with van der Waals surface area (Å²) in [5, 5.41) is 10.1. The molecule has 0 spiro atoms. The van der Waals surface area contributed by atoms with Crippen molar-refractivity contribution in [1.82, 2.24) is 4.90 Å². The van der Waals surface area contributed by atoms with E-state index in [1.165, 1.54) is 47.4 Å². The zero-order valence-electron chi connectivity index (χ0n) is 18.4. The minimum Gasteiger partial charge on any atom is -0.450 e. The van der Waals surface area contributed by atoms with Gasteiger partial charge in [0.05, 0.1) is 30.6 Å². The van der Waals surface area contributed by atoms with E-state index in [1.807, 2.05) is 6.07 Å². The van der Waals surface area contributed by atoms with Crippen LogP contribution < -0.4 is 5.73 Å². The number of allylic oxidation sites excluding steroid dienone is 1. The average molecular weight is 518 g/mol. The highest BCUT2D eigenvalue weighted by Crippen LogP contribution is 2.46. The third-order valence-electron chi connectivity index (χ3n) is 5.67. The van der Waals surface area contributed by atoms with Crippen molar-refractivity contribution in [3.05, 3.63) is 97.6 Å². The zero-order valence-corrected chi connectivity index (χ0v) is 20.0. The predicted molar refractivity (Wildman–Crippen MR) is 127 cm³/mol. The Hall–Kier alpha value is -3.54. The maximum absolute atomic E-state index is 15.0. The van der Waals surface area contributed by atoms with Gasteiger partial charge in [0.1, 0.15) is 29.0 Å². The summed E-state index contributed by atoms with van der Waals surface area (Å²) >= 11 is 12.6. The number of carbonyl (C=O) groups is 1. The lowest BCUT2D eigenvalue weighted by Gasteiger charge is -2.38. The second-order valence-corrected chi connectivity index (χ2v) is 8.59. The summed E-state index contributed by atoms with van der Waals surface area (Å²) in [5.74, 6) is -2.36. The lowest BCUT2D eigenvalue weighted by Crippen LogP contribution is -2.42. The molecule has 10 heteroatoms. The number of hydrogen-bond acceptors (Lipinski definition) is 5. The number of nitrogens with zero attached hydrogens (tertiary/aromatic N) is 2. The first-order valence-corrected chi connectivity index (χ1v) is 11.3. The molecule has 2 aliphatic heterocycles. The molecule has 2 aromatic rings. The monoisotopic (exact) mass is 517 g/mol. The van der Waals surface area contributed by atoms with Gasteiger partial charge in [0, 0.05) is 27.3 Å². The van der Waals surface area contributed by atoms with Crippen molar-refractivity contribution in [3.8, 4) is 6.07 Å². The quantitative estimate of drug-likeness (QED) is 0.548. The molecule has 0 bridgehead atoms. The number of halogens is 4. The van der Waals surface area contributed by atoms with Gasteiger partial charge in [-0.1, -0.05) is 35.3 Å². The molecule has 0 fully saturated rings. The normalized spacial score (nSPS) is 18.8. The summed E-state index contributed by atoms with van der Waals surface area (Å²) in [4.78, 5) is 14.0. The van der Waals surface area contributed by atoms with Gasteiger partial charge in [-0.2, -0.15) is 5.26 Å². The molecule has 0 aromatic heterocycles. The van der Waals surface area contributed by atoms with Crippen LogP contribution in [0.25, 0.3) is 6.08 Å². The molecule has 6 nitrogen and oxygen atoms in total. The Labute approximate surface area is 210 Å². The van der Waals surface area contributed by atoms with Crippen LogP contribution in [0.4, 0.5) is 13.6 Å². The maximum Gasteiger partial charge on any atom is 0.410 e. The van der Waals surface area contributed by atoms with Crippen molar-refractivity contribution in [2.45, 2.75) is 12.8 Å². The fourth-order valence-electron chi connectivity index (χ4n) is 4.15. The first-order chi connectivity index (χ1) is 16.8. The van der Waals surface area contributed by atoms with E-state index in [9.17, 15) is 14.4 Å². The van der Waals surface area contributed by atoms with Gasteiger partial charge in [-0.05, 0) is 37.3 Å². The number of nitrogens with two attached hydrogens (primary N) is 1. The molecule has 2 aliphatic rings. The van der Waals surface area contributed by atoms with Crippen LogP contribution in [0.3, 0.4) is 0 Å². The smallest absolute Gasteiger partial charge is 0.410 e. The van der Waals surface area contributed by atoms with Crippen molar-refractivity contribution in [2.75, 3.05) is 19.7 Å². The summed E-state index contributed by atoms with van der Waals surface area (Å²) in [6.07, 6.45) is 0.785. The molecule has 180 valence electrons. The molecule has 0 radical (unpaired) electrons. The van der Waals surface area contributed by atoms with E-state index in [0.717, 1.165) is 0 Å². The molecule has 4 rings (SSSR count). The summed E-state index contributed by atoms with van der Waals surface area (Å²) in [6.45, 7) is 1.68. The molecule has 1 amide bonds. The van der Waals surface area contributed by atoms with Crippen LogP contribution in [0.1, 0.15) is 24.0 Å². The Morgan fingerprint density at radius 1 is 1.23 bits per heavy atom. The van der Waals surface area contributed by atoms with E-state index < -0.39 is 23.6 Å². The third kappa shape index (κ3) is 4.57. The van der Waals surface area contributed by atoms with E-state index in [4.69, 9.17) is 38.4 Å². The average Bonchev–Trinajstić information content (AvgIpc) is 2.81. The second-order valence-electron chi connectivity index (χ2n) is 7.77. The molecule has 0 saturated heterocycles. The van der Waals surface area contributed by atoms with Crippen LogP contribution in [0, 0.1) is 23.0 Å². The molecular weight excluding hydrogens is 499 g/mol. The number of benzene rings is 2. The van der Waals surface area contributed by atoms with Crippen molar-refractivity contribution < 1.29 is 23.0 Å². The lowest BCUT2D eigenvalue weighted by atomic mass is 9.80. The first-order valence-electron chi connectivity index (χ1n) is 10.6. The van der Waals surface area contributed by atoms with Crippen LogP contribution in [-0.4, -0.2) is 30.7 Å². The van der Waals surface area contributed by atoms with Gasteiger partial charge < -0.3 is 15.2 Å². The molecule has 35 heavy (non-hydrogen) atoms. The largest absolute Gasteiger partial charge is 0.450 e.